The Hall–Kier alpha value is -1.85. The average Bonchev–Trinajstić information content (AvgIpc) is 2.45. The van der Waals surface area contributed by atoms with Crippen molar-refractivity contribution >= 4 is 11.7 Å². The number of nitrogens with one attached hydrogen (secondary N) is 2. The average molecular weight is 312 g/mol. The highest BCUT2D eigenvalue weighted by molar-refractivity contribution is 5.92. The van der Waals surface area contributed by atoms with Gasteiger partial charge in [-0.05, 0) is 50.2 Å². The second kappa shape index (κ2) is 7.42. The fourth-order valence-electron chi connectivity index (χ4n) is 2.73. The van der Waals surface area contributed by atoms with Crippen molar-refractivity contribution in [2.75, 3.05) is 5.32 Å². The number of alkyl halides is 2. The Bertz CT molecular complexity index is 515. The van der Waals surface area contributed by atoms with E-state index in [2.05, 4.69) is 22.3 Å². The van der Waals surface area contributed by atoms with Crippen LogP contribution in [0.15, 0.2) is 18.2 Å². The van der Waals surface area contributed by atoms with Gasteiger partial charge in [0.1, 0.15) is 5.75 Å². The highest BCUT2D eigenvalue weighted by Gasteiger charge is 2.21. The van der Waals surface area contributed by atoms with Crippen molar-refractivity contribution in [2.24, 2.45) is 5.92 Å². The summed E-state index contributed by atoms with van der Waals surface area (Å²) in [7, 11) is 0. The largest absolute Gasteiger partial charge is 0.433 e. The van der Waals surface area contributed by atoms with Gasteiger partial charge in [0.25, 0.3) is 0 Å². The van der Waals surface area contributed by atoms with Crippen LogP contribution in [0.25, 0.3) is 0 Å². The van der Waals surface area contributed by atoms with Crippen molar-refractivity contribution in [1.29, 1.82) is 0 Å². The second-order valence-corrected chi connectivity index (χ2v) is 5.88. The van der Waals surface area contributed by atoms with E-state index in [0.717, 1.165) is 25.7 Å². The summed E-state index contributed by atoms with van der Waals surface area (Å²) in [5.41, 5.74) is 0.954. The third kappa shape index (κ3) is 4.58. The lowest BCUT2D eigenvalue weighted by Gasteiger charge is -2.27. The fourth-order valence-corrected chi connectivity index (χ4v) is 2.73. The SMILES string of the molecule is Cc1cccc(OC(F)F)c1NC(=O)NC1CCC(C)CC1. The van der Waals surface area contributed by atoms with Gasteiger partial charge >= 0.3 is 12.6 Å². The normalized spacial score (nSPS) is 21.5. The molecule has 0 heterocycles. The molecule has 1 aliphatic carbocycles. The van der Waals surface area contributed by atoms with Crippen molar-refractivity contribution < 1.29 is 18.3 Å². The van der Waals surface area contributed by atoms with E-state index in [1.807, 2.05) is 0 Å². The van der Waals surface area contributed by atoms with Crippen LogP contribution in [0.5, 0.6) is 5.75 Å². The Kier molecular flexibility index (Phi) is 5.57. The molecule has 2 rings (SSSR count). The van der Waals surface area contributed by atoms with E-state index in [9.17, 15) is 13.6 Å². The summed E-state index contributed by atoms with van der Waals surface area (Å²) in [5, 5.41) is 5.54. The van der Waals surface area contributed by atoms with E-state index in [1.165, 1.54) is 6.07 Å². The summed E-state index contributed by atoms with van der Waals surface area (Å²) < 4.78 is 29.3. The third-order valence-electron chi connectivity index (χ3n) is 4.04. The lowest BCUT2D eigenvalue weighted by molar-refractivity contribution is -0.0493. The molecule has 0 unspecified atom stereocenters. The van der Waals surface area contributed by atoms with Crippen LogP contribution in [0.2, 0.25) is 0 Å². The van der Waals surface area contributed by atoms with Crippen LogP contribution in [-0.4, -0.2) is 18.7 Å². The van der Waals surface area contributed by atoms with E-state index < -0.39 is 6.61 Å². The van der Waals surface area contributed by atoms with Gasteiger partial charge in [0.05, 0.1) is 5.69 Å². The summed E-state index contributed by atoms with van der Waals surface area (Å²) in [5.74, 6) is 0.672. The predicted octanol–water partition coefficient (Wildman–Crippen LogP) is 4.30. The molecule has 1 aromatic carbocycles. The van der Waals surface area contributed by atoms with Crippen LogP contribution in [-0.2, 0) is 0 Å². The van der Waals surface area contributed by atoms with Crippen LogP contribution >= 0.6 is 0 Å². The molecule has 0 saturated heterocycles. The minimum Gasteiger partial charge on any atom is -0.433 e. The first-order valence-electron chi connectivity index (χ1n) is 7.57. The minimum absolute atomic E-state index is 0.0255. The molecule has 2 N–H and O–H groups in total. The molecular weight excluding hydrogens is 290 g/mol. The summed E-state index contributed by atoms with van der Waals surface area (Å²) >= 11 is 0. The molecule has 0 radical (unpaired) electrons. The van der Waals surface area contributed by atoms with Crippen LogP contribution < -0.4 is 15.4 Å². The summed E-state index contributed by atoms with van der Waals surface area (Å²) in [4.78, 5) is 12.1. The maximum Gasteiger partial charge on any atom is 0.387 e. The maximum atomic E-state index is 12.4. The van der Waals surface area contributed by atoms with Crippen LogP contribution in [0.3, 0.4) is 0 Å². The number of amides is 2. The highest BCUT2D eigenvalue weighted by atomic mass is 19.3. The number of anilines is 1. The van der Waals surface area contributed by atoms with Gasteiger partial charge in [-0.1, -0.05) is 19.1 Å². The molecule has 0 bridgehead atoms. The molecule has 0 aromatic heterocycles. The van der Waals surface area contributed by atoms with Crippen LogP contribution in [0, 0.1) is 12.8 Å². The number of ether oxygens (including phenoxy) is 1. The molecular formula is C16H22F2N2O2. The maximum absolute atomic E-state index is 12.4. The number of hydrogen-bond acceptors (Lipinski definition) is 2. The molecule has 0 atom stereocenters. The van der Waals surface area contributed by atoms with E-state index in [4.69, 9.17) is 0 Å². The zero-order chi connectivity index (χ0) is 16.1. The highest BCUT2D eigenvalue weighted by Crippen LogP contribution is 2.29. The Morgan fingerprint density at radius 2 is 1.95 bits per heavy atom. The van der Waals surface area contributed by atoms with Crippen molar-refractivity contribution in [2.45, 2.75) is 52.2 Å². The zero-order valence-corrected chi connectivity index (χ0v) is 12.9. The number of benzene rings is 1. The molecule has 0 aliphatic heterocycles. The molecule has 1 fully saturated rings. The van der Waals surface area contributed by atoms with Gasteiger partial charge in [0.2, 0.25) is 0 Å². The smallest absolute Gasteiger partial charge is 0.387 e. The van der Waals surface area contributed by atoms with Gasteiger partial charge in [-0.2, -0.15) is 8.78 Å². The number of halogens is 2. The zero-order valence-electron chi connectivity index (χ0n) is 12.9. The van der Waals surface area contributed by atoms with Gasteiger partial charge in [0, 0.05) is 6.04 Å². The number of para-hydroxylation sites is 1. The number of carbonyl (C=O) groups excluding carboxylic acids is 1. The van der Waals surface area contributed by atoms with Gasteiger partial charge in [-0.3, -0.25) is 0 Å². The standard InChI is InChI=1S/C16H22F2N2O2/c1-10-6-8-12(9-7-10)19-16(21)20-14-11(2)4-3-5-13(14)22-15(17)18/h3-5,10,12,15H,6-9H2,1-2H3,(H2,19,20,21). The Morgan fingerprint density at radius 1 is 1.27 bits per heavy atom. The van der Waals surface area contributed by atoms with E-state index in [-0.39, 0.29) is 23.5 Å². The molecule has 2 amide bonds. The van der Waals surface area contributed by atoms with E-state index in [0.29, 0.717) is 11.5 Å². The minimum atomic E-state index is -2.93. The molecule has 1 aromatic rings. The van der Waals surface area contributed by atoms with Crippen LogP contribution in [0.4, 0.5) is 19.3 Å². The monoisotopic (exact) mass is 312 g/mol. The second-order valence-electron chi connectivity index (χ2n) is 5.88. The molecule has 1 aliphatic rings. The Balaban J connectivity index is 1.99. The number of urea groups is 1. The Morgan fingerprint density at radius 3 is 2.59 bits per heavy atom. The van der Waals surface area contributed by atoms with Crippen molar-refractivity contribution in [1.82, 2.24) is 5.32 Å². The predicted molar refractivity (Wildman–Crippen MR) is 81.4 cm³/mol. The first kappa shape index (κ1) is 16.5. The van der Waals surface area contributed by atoms with Gasteiger partial charge in [-0.25, -0.2) is 4.79 Å². The molecule has 4 nitrogen and oxygen atoms in total. The lowest BCUT2D eigenvalue weighted by Crippen LogP contribution is -2.40. The fraction of sp³-hybridized carbons (Fsp3) is 0.562. The molecule has 22 heavy (non-hydrogen) atoms. The number of rotatable bonds is 4. The quantitative estimate of drug-likeness (QED) is 0.871. The van der Waals surface area contributed by atoms with Crippen LogP contribution in [0.1, 0.15) is 38.2 Å². The number of hydrogen-bond donors (Lipinski definition) is 2. The third-order valence-corrected chi connectivity index (χ3v) is 4.04. The van der Waals surface area contributed by atoms with Crippen molar-refractivity contribution in [3.8, 4) is 5.75 Å². The van der Waals surface area contributed by atoms with Crippen molar-refractivity contribution in [3.63, 3.8) is 0 Å². The first-order chi connectivity index (χ1) is 10.5. The van der Waals surface area contributed by atoms with Gasteiger partial charge < -0.3 is 15.4 Å². The molecule has 6 heteroatoms. The number of aryl methyl sites for hydroxylation is 1. The van der Waals surface area contributed by atoms with Gasteiger partial charge in [0.15, 0.2) is 0 Å². The van der Waals surface area contributed by atoms with E-state index in [1.54, 1.807) is 19.1 Å². The topological polar surface area (TPSA) is 50.4 Å². The lowest BCUT2D eigenvalue weighted by atomic mass is 9.87. The Labute approximate surface area is 129 Å². The van der Waals surface area contributed by atoms with E-state index >= 15 is 0 Å². The molecule has 1 saturated carbocycles. The summed E-state index contributed by atoms with van der Waals surface area (Å²) in [6.07, 6.45) is 4.08. The number of carbonyl (C=O) groups is 1. The first-order valence-corrected chi connectivity index (χ1v) is 7.57. The summed E-state index contributed by atoms with van der Waals surface area (Å²) in [6.45, 7) is 1.01. The molecule has 122 valence electrons. The van der Waals surface area contributed by atoms with Crippen molar-refractivity contribution in [3.05, 3.63) is 23.8 Å². The van der Waals surface area contributed by atoms with Gasteiger partial charge in [-0.15, -0.1) is 0 Å². The summed E-state index contributed by atoms with van der Waals surface area (Å²) in [6, 6.07) is 4.51. The molecule has 0 spiro atoms.